The number of thioether (sulfide) groups is 1. The number of rotatable bonds is 5. The Bertz CT molecular complexity index is 544. The molecule has 1 aliphatic heterocycles. The zero-order chi connectivity index (χ0) is 15.2. The first-order valence-electron chi connectivity index (χ1n) is 7.33. The topological polar surface area (TPSA) is 26.3 Å². The van der Waals surface area contributed by atoms with E-state index in [9.17, 15) is 4.79 Å². The Labute approximate surface area is 131 Å². The highest BCUT2D eigenvalue weighted by molar-refractivity contribution is 8.00. The molecule has 1 saturated heterocycles. The maximum absolute atomic E-state index is 12.3. The Morgan fingerprint density at radius 2 is 2.00 bits per heavy atom. The molecule has 0 saturated carbocycles. The van der Waals surface area contributed by atoms with E-state index in [0.29, 0.717) is 11.5 Å². The Morgan fingerprint density at radius 3 is 2.57 bits per heavy atom. The van der Waals surface area contributed by atoms with Gasteiger partial charge in [0.15, 0.2) is 0 Å². The van der Waals surface area contributed by atoms with Crippen LogP contribution in [-0.2, 0) is 4.74 Å². The van der Waals surface area contributed by atoms with Crippen molar-refractivity contribution in [2.75, 3.05) is 11.5 Å². The monoisotopic (exact) mass is 302 g/mol. The number of hydrogen-bond donors (Lipinski definition) is 0. The Kier molecular flexibility index (Phi) is 5.68. The van der Waals surface area contributed by atoms with Crippen LogP contribution in [0.15, 0.2) is 53.8 Å². The second kappa shape index (κ2) is 7.51. The molecule has 0 spiro atoms. The number of carbonyl (C=O) groups excluding carboxylic acids is 1. The molecular formula is C18H22O2S. The third-order valence-electron chi connectivity index (χ3n) is 3.46. The van der Waals surface area contributed by atoms with Crippen molar-refractivity contribution >= 4 is 17.7 Å². The molecular weight excluding hydrogens is 280 g/mol. The van der Waals surface area contributed by atoms with Crippen molar-refractivity contribution in [3.8, 4) is 0 Å². The summed E-state index contributed by atoms with van der Waals surface area (Å²) in [7, 11) is 0. The Morgan fingerprint density at radius 1 is 1.29 bits per heavy atom. The normalized spacial score (nSPS) is 17.2. The van der Waals surface area contributed by atoms with Crippen LogP contribution in [-0.4, -0.2) is 17.5 Å². The van der Waals surface area contributed by atoms with E-state index in [-0.39, 0.29) is 5.97 Å². The third-order valence-corrected chi connectivity index (χ3v) is 4.51. The summed E-state index contributed by atoms with van der Waals surface area (Å²) in [5.74, 6) is 2.95. The number of hydrogen-bond acceptors (Lipinski definition) is 3. The molecule has 2 rings (SSSR count). The minimum atomic E-state index is -0.272. The average Bonchev–Trinajstić information content (AvgIpc) is 2.90. The summed E-state index contributed by atoms with van der Waals surface area (Å²) < 4.78 is 5.71. The molecule has 0 bridgehead atoms. The fraction of sp³-hybridized carbons (Fsp3) is 0.389. The second-order valence-corrected chi connectivity index (χ2v) is 6.67. The average molecular weight is 302 g/mol. The van der Waals surface area contributed by atoms with E-state index in [0.717, 1.165) is 41.3 Å². The van der Waals surface area contributed by atoms with Gasteiger partial charge in [-0.05, 0) is 30.0 Å². The molecule has 0 aromatic heterocycles. The molecule has 0 N–H and O–H groups in total. The molecule has 2 nitrogen and oxygen atoms in total. The van der Waals surface area contributed by atoms with Crippen molar-refractivity contribution in [3.05, 3.63) is 59.4 Å². The molecule has 0 amide bonds. The van der Waals surface area contributed by atoms with E-state index in [1.807, 2.05) is 30.0 Å². The summed E-state index contributed by atoms with van der Waals surface area (Å²) in [6.45, 7) is 8.45. The number of allylic oxidation sites excluding steroid dienone is 1. The van der Waals surface area contributed by atoms with Crippen molar-refractivity contribution in [2.24, 2.45) is 5.92 Å². The van der Waals surface area contributed by atoms with Gasteiger partial charge in [-0.2, -0.15) is 11.8 Å². The van der Waals surface area contributed by atoms with Gasteiger partial charge in [-0.1, -0.05) is 38.6 Å². The fourth-order valence-corrected chi connectivity index (χ4v) is 3.26. The fourth-order valence-electron chi connectivity index (χ4n) is 2.17. The van der Waals surface area contributed by atoms with Gasteiger partial charge >= 0.3 is 5.97 Å². The van der Waals surface area contributed by atoms with Gasteiger partial charge < -0.3 is 4.74 Å². The largest absolute Gasteiger partial charge is 0.427 e. The molecule has 1 aliphatic rings. The van der Waals surface area contributed by atoms with Crippen LogP contribution in [0, 0.1) is 5.92 Å². The standard InChI is InChI=1S/C18H22O2S/c1-13(2)9-10-17(16-12-21-11-14(16)3)20-18(19)15-7-5-4-6-8-15/h4-8,13H,3,9-12H2,1-2H3/b17-16+. The van der Waals surface area contributed by atoms with Crippen molar-refractivity contribution < 1.29 is 9.53 Å². The molecule has 0 unspecified atom stereocenters. The summed E-state index contributed by atoms with van der Waals surface area (Å²) >= 11 is 1.83. The van der Waals surface area contributed by atoms with Crippen molar-refractivity contribution in [3.63, 3.8) is 0 Å². The number of ether oxygens (including phenoxy) is 1. The summed E-state index contributed by atoms with van der Waals surface area (Å²) in [5, 5.41) is 0. The van der Waals surface area contributed by atoms with Crippen LogP contribution in [0.5, 0.6) is 0 Å². The van der Waals surface area contributed by atoms with Gasteiger partial charge in [-0.3, -0.25) is 0 Å². The van der Waals surface area contributed by atoms with Crippen LogP contribution < -0.4 is 0 Å². The molecule has 3 heteroatoms. The predicted molar refractivity (Wildman–Crippen MR) is 89.4 cm³/mol. The summed E-state index contributed by atoms with van der Waals surface area (Å²) in [5.41, 5.74) is 2.82. The van der Waals surface area contributed by atoms with Gasteiger partial charge in [0, 0.05) is 23.5 Å². The smallest absolute Gasteiger partial charge is 0.343 e. The van der Waals surface area contributed by atoms with Crippen molar-refractivity contribution in [1.29, 1.82) is 0 Å². The van der Waals surface area contributed by atoms with Crippen molar-refractivity contribution in [1.82, 2.24) is 0 Å². The van der Waals surface area contributed by atoms with Crippen molar-refractivity contribution in [2.45, 2.75) is 26.7 Å². The molecule has 1 aromatic rings. The van der Waals surface area contributed by atoms with Gasteiger partial charge in [0.05, 0.1) is 5.56 Å². The predicted octanol–water partition coefficient (Wildman–Crippen LogP) is 4.84. The first-order chi connectivity index (χ1) is 10.1. The van der Waals surface area contributed by atoms with Gasteiger partial charge in [0.2, 0.25) is 0 Å². The first kappa shape index (κ1) is 15.9. The highest BCUT2D eigenvalue weighted by Crippen LogP contribution is 2.32. The van der Waals surface area contributed by atoms with Crippen LogP contribution in [0.4, 0.5) is 0 Å². The van der Waals surface area contributed by atoms with Crippen LogP contribution in [0.3, 0.4) is 0 Å². The lowest BCUT2D eigenvalue weighted by Crippen LogP contribution is -2.08. The molecule has 0 aliphatic carbocycles. The molecule has 0 radical (unpaired) electrons. The zero-order valence-corrected chi connectivity index (χ0v) is 13.5. The molecule has 21 heavy (non-hydrogen) atoms. The third kappa shape index (κ3) is 4.50. The molecule has 112 valence electrons. The van der Waals surface area contributed by atoms with E-state index in [1.54, 1.807) is 12.1 Å². The quantitative estimate of drug-likeness (QED) is 0.575. The highest BCUT2D eigenvalue weighted by Gasteiger charge is 2.20. The maximum atomic E-state index is 12.3. The van der Waals surface area contributed by atoms with Gasteiger partial charge in [0.25, 0.3) is 0 Å². The summed E-state index contributed by atoms with van der Waals surface area (Å²) in [4.78, 5) is 12.3. The minimum Gasteiger partial charge on any atom is -0.427 e. The lowest BCUT2D eigenvalue weighted by molar-refractivity contribution is 0.0608. The molecule has 1 heterocycles. The first-order valence-corrected chi connectivity index (χ1v) is 8.48. The van der Waals surface area contributed by atoms with Gasteiger partial charge in [-0.15, -0.1) is 0 Å². The number of carbonyl (C=O) groups is 1. The lowest BCUT2D eigenvalue weighted by Gasteiger charge is -2.14. The van der Waals surface area contributed by atoms with E-state index in [1.165, 1.54) is 0 Å². The Hall–Kier alpha value is -1.48. The van der Waals surface area contributed by atoms with E-state index in [4.69, 9.17) is 4.74 Å². The van der Waals surface area contributed by atoms with Gasteiger partial charge in [-0.25, -0.2) is 4.79 Å². The van der Waals surface area contributed by atoms with Crippen LogP contribution in [0.25, 0.3) is 0 Å². The van der Waals surface area contributed by atoms with E-state index in [2.05, 4.69) is 20.4 Å². The summed E-state index contributed by atoms with van der Waals surface area (Å²) in [6.07, 6.45) is 1.81. The summed E-state index contributed by atoms with van der Waals surface area (Å²) in [6, 6.07) is 9.16. The maximum Gasteiger partial charge on any atom is 0.343 e. The van der Waals surface area contributed by atoms with Crippen LogP contribution in [0.2, 0.25) is 0 Å². The zero-order valence-electron chi connectivity index (χ0n) is 12.7. The molecule has 0 atom stereocenters. The second-order valence-electron chi connectivity index (χ2n) is 5.69. The molecule has 1 fully saturated rings. The number of esters is 1. The molecule has 1 aromatic carbocycles. The van der Waals surface area contributed by atoms with Crippen LogP contribution in [0.1, 0.15) is 37.0 Å². The van der Waals surface area contributed by atoms with E-state index < -0.39 is 0 Å². The highest BCUT2D eigenvalue weighted by atomic mass is 32.2. The SMILES string of the molecule is C=C1CSC/C1=C(/CCC(C)C)OC(=O)c1ccccc1. The van der Waals surface area contributed by atoms with Gasteiger partial charge in [0.1, 0.15) is 5.76 Å². The Balaban J connectivity index is 2.16. The lowest BCUT2D eigenvalue weighted by atomic mass is 10.0. The minimum absolute atomic E-state index is 0.272. The number of benzene rings is 1. The van der Waals surface area contributed by atoms with Crippen LogP contribution >= 0.6 is 11.8 Å². The van der Waals surface area contributed by atoms with E-state index >= 15 is 0 Å².